The van der Waals surface area contributed by atoms with Crippen molar-refractivity contribution in [2.75, 3.05) is 11.9 Å². The predicted molar refractivity (Wildman–Crippen MR) is 58.2 cm³/mol. The van der Waals surface area contributed by atoms with Crippen LogP contribution in [0.5, 0.6) is 0 Å². The highest BCUT2D eigenvalue weighted by Gasteiger charge is 2.06. The summed E-state index contributed by atoms with van der Waals surface area (Å²) in [5.41, 5.74) is 10.1. The Balaban J connectivity index is 2.72. The Hall–Kier alpha value is -2.18. The van der Waals surface area contributed by atoms with Crippen molar-refractivity contribution >= 4 is 5.69 Å². The van der Waals surface area contributed by atoms with Crippen LogP contribution >= 0.6 is 0 Å². The topological polar surface area (TPSA) is 84.6 Å². The molecule has 1 aromatic carbocycles. The van der Waals surface area contributed by atoms with Crippen LogP contribution in [-0.4, -0.2) is 12.6 Å². The lowest BCUT2D eigenvalue weighted by molar-refractivity contribution is 0.878. The third-order valence-corrected chi connectivity index (χ3v) is 1.96. The fraction of sp³-hybridized carbons (Fsp3) is 0.300. The molecule has 0 bridgehead atoms. The summed E-state index contributed by atoms with van der Waals surface area (Å²) in [7, 11) is 0. The van der Waals surface area contributed by atoms with Crippen LogP contribution in [0, 0.1) is 18.3 Å². The molecule has 0 aliphatic rings. The second kappa shape index (κ2) is 5.53. The van der Waals surface area contributed by atoms with Crippen molar-refractivity contribution < 1.29 is 0 Å². The molecule has 0 aliphatic carbocycles. The molecule has 0 fully saturated rings. The van der Waals surface area contributed by atoms with Crippen molar-refractivity contribution in [2.45, 2.75) is 13.0 Å². The van der Waals surface area contributed by atoms with Crippen molar-refractivity contribution in [3.63, 3.8) is 0 Å². The van der Waals surface area contributed by atoms with Crippen molar-refractivity contribution in [2.24, 2.45) is 5.11 Å². The van der Waals surface area contributed by atoms with E-state index in [4.69, 9.17) is 10.8 Å². The normalized spacial score (nSPS) is 10.9. The van der Waals surface area contributed by atoms with E-state index in [-0.39, 0.29) is 6.54 Å². The Morgan fingerprint density at radius 1 is 1.60 bits per heavy atom. The summed E-state index contributed by atoms with van der Waals surface area (Å²) >= 11 is 0. The first-order chi connectivity index (χ1) is 7.27. The van der Waals surface area contributed by atoms with E-state index in [1.807, 2.05) is 37.3 Å². The van der Waals surface area contributed by atoms with Gasteiger partial charge in [0.25, 0.3) is 0 Å². The molecule has 0 saturated carbocycles. The second-order valence-electron chi connectivity index (χ2n) is 3.05. The minimum Gasteiger partial charge on any atom is -0.370 e. The predicted octanol–water partition coefficient (Wildman–Crippen LogP) is 2.61. The molecular formula is C10H11N5. The van der Waals surface area contributed by atoms with E-state index in [0.29, 0.717) is 0 Å². The van der Waals surface area contributed by atoms with E-state index < -0.39 is 6.04 Å². The standard InChI is InChI=1S/C10H11N5/c1-8-4-2-3-5-10(8)14-9(6-11)7-13-15-12/h2-5,9,14H,7H2,1H3. The fourth-order valence-electron chi connectivity index (χ4n) is 1.16. The van der Waals surface area contributed by atoms with Gasteiger partial charge in [-0.15, -0.1) is 0 Å². The van der Waals surface area contributed by atoms with Crippen LogP contribution in [0.2, 0.25) is 0 Å². The molecule has 5 heteroatoms. The minimum absolute atomic E-state index is 0.126. The quantitative estimate of drug-likeness (QED) is 0.461. The van der Waals surface area contributed by atoms with Crippen LogP contribution in [0.25, 0.3) is 10.4 Å². The lowest BCUT2D eigenvalue weighted by Gasteiger charge is -2.12. The van der Waals surface area contributed by atoms with E-state index in [9.17, 15) is 0 Å². The summed E-state index contributed by atoms with van der Waals surface area (Å²) in [6.07, 6.45) is 0. The summed E-state index contributed by atoms with van der Waals surface area (Å²) < 4.78 is 0. The Kier molecular flexibility index (Phi) is 4.02. The highest BCUT2D eigenvalue weighted by atomic mass is 15.1. The second-order valence-corrected chi connectivity index (χ2v) is 3.05. The van der Waals surface area contributed by atoms with Gasteiger partial charge in [0.05, 0.1) is 12.6 Å². The average molecular weight is 201 g/mol. The zero-order valence-electron chi connectivity index (χ0n) is 8.38. The summed E-state index contributed by atoms with van der Waals surface area (Å²) in [6.45, 7) is 2.08. The molecule has 0 saturated heterocycles. The molecule has 5 nitrogen and oxygen atoms in total. The average Bonchev–Trinajstić information content (AvgIpc) is 2.26. The third kappa shape index (κ3) is 3.22. The van der Waals surface area contributed by atoms with Crippen molar-refractivity contribution in [1.29, 1.82) is 5.26 Å². The zero-order chi connectivity index (χ0) is 11.1. The van der Waals surface area contributed by atoms with E-state index in [1.54, 1.807) is 0 Å². The van der Waals surface area contributed by atoms with Crippen LogP contribution in [0.15, 0.2) is 29.4 Å². The maximum atomic E-state index is 8.81. The van der Waals surface area contributed by atoms with Crippen LogP contribution in [0.4, 0.5) is 5.69 Å². The molecule has 0 aliphatic heterocycles. The third-order valence-electron chi connectivity index (χ3n) is 1.96. The molecule has 1 unspecified atom stereocenters. The number of rotatable bonds is 4. The maximum absolute atomic E-state index is 8.81. The summed E-state index contributed by atoms with van der Waals surface area (Å²) in [4.78, 5) is 2.62. The molecule has 0 spiro atoms. The van der Waals surface area contributed by atoms with Gasteiger partial charge in [-0.1, -0.05) is 23.3 Å². The van der Waals surface area contributed by atoms with Gasteiger partial charge in [-0.3, -0.25) is 0 Å². The van der Waals surface area contributed by atoms with Crippen LogP contribution in [0.3, 0.4) is 0 Å². The van der Waals surface area contributed by atoms with E-state index in [1.165, 1.54) is 0 Å². The molecule has 0 radical (unpaired) electrons. The Bertz CT molecular complexity index is 414. The van der Waals surface area contributed by atoms with Gasteiger partial charge in [-0.05, 0) is 24.1 Å². The number of para-hydroxylation sites is 1. The summed E-state index contributed by atoms with van der Waals surface area (Å²) in [6, 6.07) is 9.20. The number of hydrogen-bond donors (Lipinski definition) is 1. The molecule has 0 aromatic heterocycles. The van der Waals surface area contributed by atoms with Gasteiger partial charge in [0, 0.05) is 10.6 Å². The largest absolute Gasteiger partial charge is 0.370 e. The number of aryl methyl sites for hydroxylation is 1. The van der Waals surface area contributed by atoms with Gasteiger partial charge < -0.3 is 5.32 Å². The first-order valence-electron chi connectivity index (χ1n) is 4.50. The maximum Gasteiger partial charge on any atom is 0.120 e. The molecule has 15 heavy (non-hydrogen) atoms. The van der Waals surface area contributed by atoms with E-state index >= 15 is 0 Å². The minimum atomic E-state index is -0.484. The number of nitrogens with zero attached hydrogens (tertiary/aromatic N) is 4. The number of benzene rings is 1. The monoisotopic (exact) mass is 201 g/mol. The van der Waals surface area contributed by atoms with Crippen molar-refractivity contribution in [3.05, 3.63) is 40.3 Å². The summed E-state index contributed by atoms with van der Waals surface area (Å²) in [5.74, 6) is 0. The van der Waals surface area contributed by atoms with Crippen LogP contribution in [-0.2, 0) is 0 Å². The molecule has 0 amide bonds. The first-order valence-corrected chi connectivity index (χ1v) is 4.50. The number of nitriles is 1. The first kappa shape index (κ1) is 10.9. The molecule has 0 heterocycles. The lowest BCUT2D eigenvalue weighted by Crippen LogP contribution is -2.20. The fourth-order valence-corrected chi connectivity index (χ4v) is 1.16. The number of anilines is 1. The van der Waals surface area contributed by atoms with E-state index in [2.05, 4.69) is 15.3 Å². The molecule has 1 N–H and O–H groups in total. The van der Waals surface area contributed by atoms with Gasteiger partial charge in [-0.2, -0.15) is 5.26 Å². The van der Waals surface area contributed by atoms with Crippen LogP contribution < -0.4 is 5.32 Å². The lowest BCUT2D eigenvalue weighted by atomic mass is 10.2. The van der Waals surface area contributed by atoms with Gasteiger partial charge in [-0.25, -0.2) is 0 Å². The molecule has 76 valence electrons. The SMILES string of the molecule is Cc1ccccc1NC(C#N)CN=[N+]=[N-]. The summed E-state index contributed by atoms with van der Waals surface area (Å²) in [5, 5.41) is 15.2. The van der Waals surface area contributed by atoms with Crippen molar-refractivity contribution in [1.82, 2.24) is 0 Å². The number of nitrogens with one attached hydrogen (secondary N) is 1. The van der Waals surface area contributed by atoms with E-state index in [0.717, 1.165) is 11.3 Å². The highest BCUT2D eigenvalue weighted by molar-refractivity contribution is 5.51. The zero-order valence-corrected chi connectivity index (χ0v) is 8.38. The molecule has 1 rings (SSSR count). The molecular weight excluding hydrogens is 190 g/mol. The van der Waals surface area contributed by atoms with Gasteiger partial charge in [0.2, 0.25) is 0 Å². The van der Waals surface area contributed by atoms with Crippen molar-refractivity contribution in [3.8, 4) is 6.07 Å². The highest BCUT2D eigenvalue weighted by Crippen LogP contribution is 2.14. The number of hydrogen-bond acceptors (Lipinski definition) is 3. The Morgan fingerprint density at radius 2 is 2.33 bits per heavy atom. The van der Waals surface area contributed by atoms with Gasteiger partial charge in [0.1, 0.15) is 6.04 Å². The number of azide groups is 1. The molecule has 1 atom stereocenters. The van der Waals surface area contributed by atoms with Crippen LogP contribution in [0.1, 0.15) is 5.56 Å². The van der Waals surface area contributed by atoms with Gasteiger partial charge in [0.15, 0.2) is 0 Å². The molecule has 1 aromatic rings. The Labute approximate surface area is 88.0 Å². The Morgan fingerprint density at radius 3 is 2.93 bits per heavy atom. The smallest absolute Gasteiger partial charge is 0.120 e. The van der Waals surface area contributed by atoms with Gasteiger partial charge >= 0.3 is 0 Å².